The monoisotopic (exact) mass is 419 g/mol. The summed E-state index contributed by atoms with van der Waals surface area (Å²) in [5.74, 6) is -0.158. The first kappa shape index (κ1) is 20.4. The second kappa shape index (κ2) is 8.36. The molecule has 0 spiro atoms. The SMILES string of the molecule is Cc1ccc(S(=O)(=O)NCCNS(=O)(=O)Cc2ccccc2)c2cccnc12. The molecule has 9 heteroatoms. The van der Waals surface area contributed by atoms with E-state index in [1.807, 2.05) is 13.0 Å². The molecule has 1 aromatic heterocycles. The smallest absolute Gasteiger partial charge is 0.241 e. The van der Waals surface area contributed by atoms with Gasteiger partial charge in [-0.25, -0.2) is 26.3 Å². The summed E-state index contributed by atoms with van der Waals surface area (Å²) in [4.78, 5) is 4.36. The predicted molar refractivity (Wildman–Crippen MR) is 109 cm³/mol. The van der Waals surface area contributed by atoms with Crippen molar-refractivity contribution < 1.29 is 16.8 Å². The molecule has 0 saturated carbocycles. The Balaban J connectivity index is 1.64. The lowest BCUT2D eigenvalue weighted by Crippen LogP contribution is -2.35. The minimum absolute atomic E-state index is 0.0452. The lowest BCUT2D eigenvalue weighted by molar-refractivity contribution is 0.570. The van der Waals surface area contributed by atoms with Crippen LogP contribution >= 0.6 is 0 Å². The Morgan fingerprint density at radius 2 is 1.57 bits per heavy atom. The zero-order chi connectivity index (χ0) is 20.2. The molecule has 0 bridgehead atoms. The third-order valence-electron chi connectivity index (χ3n) is 4.16. The number of nitrogens with zero attached hydrogens (tertiary/aromatic N) is 1. The normalized spacial score (nSPS) is 12.3. The van der Waals surface area contributed by atoms with E-state index in [1.165, 1.54) is 6.07 Å². The van der Waals surface area contributed by atoms with E-state index in [2.05, 4.69) is 14.4 Å². The van der Waals surface area contributed by atoms with Gasteiger partial charge in [-0.1, -0.05) is 36.4 Å². The van der Waals surface area contributed by atoms with E-state index in [4.69, 9.17) is 0 Å². The van der Waals surface area contributed by atoms with Gasteiger partial charge >= 0.3 is 0 Å². The zero-order valence-corrected chi connectivity index (χ0v) is 16.9. The number of fused-ring (bicyclic) bond motifs is 1. The van der Waals surface area contributed by atoms with E-state index in [1.54, 1.807) is 48.7 Å². The lowest BCUT2D eigenvalue weighted by Gasteiger charge is -2.11. The summed E-state index contributed by atoms with van der Waals surface area (Å²) in [5, 5.41) is 0.527. The highest BCUT2D eigenvalue weighted by atomic mass is 32.2. The van der Waals surface area contributed by atoms with Crippen LogP contribution < -0.4 is 9.44 Å². The maximum Gasteiger partial charge on any atom is 0.241 e. The molecule has 0 unspecified atom stereocenters. The third-order valence-corrected chi connectivity index (χ3v) is 7.04. The van der Waals surface area contributed by atoms with E-state index in [9.17, 15) is 16.8 Å². The lowest BCUT2D eigenvalue weighted by atomic mass is 10.1. The molecule has 0 saturated heterocycles. The van der Waals surface area contributed by atoms with Crippen molar-refractivity contribution in [1.82, 2.24) is 14.4 Å². The van der Waals surface area contributed by atoms with Gasteiger partial charge < -0.3 is 0 Å². The van der Waals surface area contributed by atoms with Crippen molar-refractivity contribution in [2.75, 3.05) is 13.1 Å². The molecule has 3 rings (SSSR count). The molecule has 28 heavy (non-hydrogen) atoms. The van der Waals surface area contributed by atoms with Crippen LogP contribution in [0, 0.1) is 6.92 Å². The van der Waals surface area contributed by atoms with E-state index in [0.717, 1.165) is 5.56 Å². The standard InChI is InChI=1S/C19H21N3O4S2/c1-15-9-10-18(17-8-5-11-20-19(15)17)28(25,26)22-13-12-21-27(23,24)14-16-6-3-2-4-7-16/h2-11,21-22H,12-14H2,1H3. The first-order chi connectivity index (χ1) is 13.3. The Kier molecular flexibility index (Phi) is 6.09. The first-order valence-corrected chi connectivity index (χ1v) is 11.8. The minimum Gasteiger partial charge on any atom is -0.256 e. The molecular formula is C19H21N3O4S2. The van der Waals surface area contributed by atoms with Crippen LogP contribution in [0.25, 0.3) is 10.9 Å². The van der Waals surface area contributed by atoms with Gasteiger partial charge in [0.1, 0.15) is 0 Å². The van der Waals surface area contributed by atoms with E-state index in [0.29, 0.717) is 16.5 Å². The fourth-order valence-corrected chi connectivity index (χ4v) is 5.21. The Hall–Kier alpha value is -2.33. The van der Waals surface area contributed by atoms with Gasteiger partial charge in [0.15, 0.2) is 0 Å². The topological polar surface area (TPSA) is 105 Å². The first-order valence-electron chi connectivity index (χ1n) is 8.64. The molecule has 148 valence electrons. The van der Waals surface area contributed by atoms with Gasteiger partial charge in [-0.05, 0) is 36.2 Å². The van der Waals surface area contributed by atoms with Crippen molar-refractivity contribution in [3.8, 4) is 0 Å². The number of aromatic nitrogens is 1. The number of benzene rings is 2. The van der Waals surface area contributed by atoms with Crippen LogP contribution in [0.3, 0.4) is 0 Å². The average Bonchev–Trinajstić information content (AvgIpc) is 2.66. The number of hydrogen-bond donors (Lipinski definition) is 2. The Bertz CT molecular complexity index is 1180. The Labute approximate surface area is 164 Å². The summed E-state index contributed by atoms with van der Waals surface area (Å²) >= 11 is 0. The van der Waals surface area contributed by atoms with Crippen LogP contribution in [0.2, 0.25) is 0 Å². The van der Waals surface area contributed by atoms with E-state index >= 15 is 0 Å². The van der Waals surface area contributed by atoms with Crippen molar-refractivity contribution >= 4 is 30.9 Å². The summed E-state index contributed by atoms with van der Waals surface area (Å²) in [5.41, 5.74) is 2.16. The van der Waals surface area contributed by atoms with Crippen molar-refractivity contribution in [1.29, 1.82) is 0 Å². The fraction of sp³-hybridized carbons (Fsp3) is 0.211. The molecule has 0 aliphatic heterocycles. The Morgan fingerprint density at radius 3 is 2.32 bits per heavy atom. The molecule has 1 heterocycles. The molecular weight excluding hydrogens is 398 g/mol. The molecule has 0 aliphatic rings. The van der Waals surface area contributed by atoms with Crippen LogP contribution in [-0.4, -0.2) is 34.9 Å². The molecule has 3 aromatic rings. The summed E-state index contributed by atoms with van der Waals surface area (Å²) < 4.78 is 54.4. The number of nitrogens with one attached hydrogen (secondary N) is 2. The number of hydrogen-bond acceptors (Lipinski definition) is 5. The summed E-state index contributed by atoms with van der Waals surface area (Å²) in [6.07, 6.45) is 1.61. The van der Waals surface area contributed by atoms with Crippen molar-refractivity contribution in [3.05, 3.63) is 71.9 Å². The maximum atomic E-state index is 12.7. The van der Waals surface area contributed by atoms with Gasteiger partial charge in [0.05, 0.1) is 16.2 Å². The molecule has 0 atom stereocenters. The number of rotatable bonds is 8. The predicted octanol–water partition coefficient (Wildman–Crippen LogP) is 1.94. The molecule has 0 aliphatic carbocycles. The molecule has 0 fully saturated rings. The summed E-state index contributed by atoms with van der Waals surface area (Å²) in [7, 11) is -7.36. The zero-order valence-electron chi connectivity index (χ0n) is 15.3. The van der Waals surface area contributed by atoms with E-state index < -0.39 is 20.0 Å². The molecule has 2 aromatic carbocycles. The summed E-state index contributed by atoms with van der Waals surface area (Å²) in [6, 6.07) is 15.4. The maximum absolute atomic E-state index is 12.7. The van der Waals surface area contributed by atoms with Gasteiger partial charge in [0, 0.05) is 24.7 Å². The third kappa shape index (κ3) is 4.93. The second-order valence-corrected chi connectivity index (χ2v) is 9.86. The molecule has 0 amide bonds. The van der Waals surface area contributed by atoms with Crippen LogP contribution in [0.15, 0.2) is 65.7 Å². The van der Waals surface area contributed by atoms with Crippen LogP contribution in [0.1, 0.15) is 11.1 Å². The second-order valence-electron chi connectivity index (χ2n) is 6.32. The van der Waals surface area contributed by atoms with Gasteiger partial charge in [-0.3, -0.25) is 4.98 Å². The molecule has 2 N–H and O–H groups in total. The van der Waals surface area contributed by atoms with Gasteiger partial charge in [0.2, 0.25) is 20.0 Å². The molecule has 7 nitrogen and oxygen atoms in total. The highest BCUT2D eigenvalue weighted by Crippen LogP contribution is 2.23. The van der Waals surface area contributed by atoms with Crippen molar-refractivity contribution in [2.24, 2.45) is 0 Å². The summed E-state index contributed by atoms with van der Waals surface area (Å²) in [6.45, 7) is 1.75. The van der Waals surface area contributed by atoms with Crippen molar-refractivity contribution in [3.63, 3.8) is 0 Å². The Morgan fingerprint density at radius 1 is 0.857 bits per heavy atom. The highest BCUT2D eigenvalue weighted by Gasteiger charge is 2.18. The number of sulfonamides is 2. The molecule has 0 radical (unpaired) electrons. The fourth-order valence-electron chi connectivity index (χ4n) is 2.84. The largest absolute Gasteiger partial charge is 0.256 e. The van der Waals surface area contributed by atoms with Crippen LogP contribution in [-0.2, 0) is 25.8 Å². The van der Waals surface area contributed by atoms with Gasteiger partial charge in [-0.15, -0.1) is 0 Å². The van der Waals surface area contributed by atoms with Crippen LogP contribution in [0.4, 0.5) is 0 Å². The van der Waals surface area contributed by atoms with Crippen molar-refractivity contribution in [2.45, 2.75) is 17.6 Å². The van der Waals surface area contributed by atoms with E-state index in [-0.39, 0.29) is 23.7 Å². The minimum atomic E-state index is -3.81. The average molecular weight is 420 g/mol. The highest BCUT2D eigenvalue weighted by molar-refractivity contribution is 7.89. The van der Waals surface area contributed by atoms with Crippen LogP contribution in [0.5, 0.6) is 0 Å². The van der Waals surface area contributed by atoms with Gasteiger partial charge in [-0.2, -0.15) is 0 Å². The quantitative estimate of drug-likeness (QED) is 0.543. The number of aryl methyl sites for hydroxylation is 1. The number of pyridine rings is 1. The van der Waals surface area contributed by atoms with Gasteiger partial charge in [0.25, 0.3) is 0 Å².